The van der Waals surface area contributed by atoms with E-state index in [4.69, 9.17) is 10.9 Å². The van der Waals surface area contributed by atoms with Crippen LogP contribution >= 0.6 is 0 Å². The van der Waals surface area contributed by atoms with Crippen LogP contribution in [0, 0.1) is 0 Å². The Kier molecular flexibility index (Phi) is 10.3. The molecule has 3 amide bonds. The first kappa shape index (κ1) is 25.8. The molecule has 0 bridgehead atoms. The molecule has 0 radical (unpaired) electrons. The van der Waals surface area contributed by atoms with Gasteiger partial charge in [-0.05, 0) is 23.6 Å². The first-order valence-corrected chi connectivity index (χ1v) is 9.42. The number of carbonyl (C=O) groups excluding carboxylic acids is 3. The van der Waals surface area contributed by atoms with Crippen molar-refractivity contribution in [1.82, 2.24) is 16.1 Å². The minimum absolute atomic E-state index is 0. The van der Waals surface area contributed by atoms with E-state index < -0.39 is 35.9 Å². The molecule has 31 heavy (non-hydrogen) atoms. The van der Waals surface area contributed by atoms with Gasteiger partial charge in [0.25, 0.3) is 5.91 Å². The molecule has 0 aromatic heterocycles. The molecule has 0 aliphatic carbocycles. The highest BCUT2D eigenvalue weighted by atomic mass is 16.5. The second-order valence-electron chi connectivity index (χ2n) is 6.80. The third-order valence-corrected chi connectivity index (χ3v) is 4.49. The van der Waals surface area contributed by atoms with Crippen molar-refractivity contribution < 1.29 is 24.7 Å². The second kappa shape index (κ2) is 12.4. The molecule has 0 saturated heterocycles. The van der Waals surface area contributed by atoms with Gasteiger partial charge >= 0.3 is 0 Å². The van der Waals surface area contributed by atoms with E-state index >= 15 is 0 Å². The van der Waals surface area contributed by atoms with Gasteiger partial charge in [0.05, 0.1) is 12.5 Å². The zero-order chi connectivity index (χ0) is 22.1. The Morgan fingerprint density at radius 3 is 2.03 bits per heavy atom. The molecule has 0 unspecified atom stereocenters. The Bertz CT molecular complexity index is 856. The fourth-order valence-electron chi connectivity index (χ4n) is 2.84. The van der Waals surface area contributed by atoms with Crippen molar-refractivity contribution in [2.75, 3.05) is 6.54 Å². The molecule has 2 aromatic carbocycles. The fraction of sp³-hybridized carbons (Fsp3) is 0.318. The van der Waals surface area contributed by atoms with Crippen LogP contribution < -0.4 is 21.8 Å². The Hall–Kier alpha value is -3.27. The van der Waals surface area contributed by atoms with Gasteiger partial charge in [-0.1, -0.05) is 62.0 Å². The average Bonchev–Trinajstić information content (AvgIpc) is 2.76. The largest absolute Gasteiger partial charge is 0.391 e. The van der Waals surface area contributed by atoms with E-state index in [1.54, 1.807) is 0 Å². The zero-order valence-electron chi connectivity index (χ0n) is 16.5. The van der Waals surface area contributed by atoms with Crippen molar-refractivity contribution in [3.8, 4) is 11.1 Å². The van der Waals surface area contributed by atoms with E-state index in [2.05, 4.69) is 10.6 Å². The SMILES string of the molecule is C.C[C@@H](O)[C@H](NC(=O)[C@H](CN)NC(=O)Cc1ccc(-c2ccccc2)cc1)C(=O)NO. The number of hydroxylamine groups is 1. The summed E-state index contributed by atoms with van der Waals surface area (Å²) in [5.74, 6) is -2.16. The number of amides is 3. The van der Waals surface area contributed by atoms with Crippen LogP contribution in [0.2, 0.25) is 0 Å². The molecule has 0 saturated carbocycles. The van der Waals surface area contributed by atoms with E-state index in [9.17, 15) is 19.5 Å². The van der Waals surface area contributed by atoms with E-state index in [0.717, 1.165) is 16.7 Å². The number of nitrogens with two attached hydrogens (primary N) is 1. The molecule has 2 aromatic rings. The lowest BCUT2D eigenvalue weighted by Gasteiger charge is -2.23. The van der Waals surface area contributed by atoms with Gasteiger partial charge in [-0.15, -0.1) is 0 Å². The lowest BCUT2D eigenvalue weighted by Crippen LogP contribution is -2.58. The molecule has 3 atom stereocenters. The summed E-state index contributed by atoms with van der Waals surface area (Å²) in [6.45, 7) is 1.06. The third kappa shape index (κ3) is 7.49. The highest BCUT2D eigenvalue weighted by Gasteiger charge is 2.29. The van der Waals surface area contributed by atoms with Crippen LogP contribution in [-0.4, -0.2) is 52.8 Å². The molecule has 9 nitrogen and oxygen atoms in total. The van der Waals surface area contributed by atoms with Gasteiger partial charge in [-0.25, -0.2) is 5.48 Å². The van der Waals surface area contributed by atoms with E-state index in [0.29, 0.717) is 0 Å². The normalized spacial score (nSPS) is 13.2. The van der Waals surface area contributed by atoms with Crippen molar-refractivity contribution in [3.05, 3.63) is 60.2 Å². The minimum atomic E-state index is -1.39. The molecule has 0 aliphatic rings. The first-order chi connectivity index (χ1) is 14.3. The van der Waals surface area contributed by atoms with Crippen molar-refractivity contribution >= 4 is 17.7 Å². The lowest BCUT2D eigenvalue weighted by atomic mass is 10.0. The highest BCUT2D eigenvalue weighted by Crippen LogP contribution is 2.19. The topological polar surface area (TPSA) is 154 Å². The summed E-state index contributed by atoms with van der Waals surface area (Å²) in [5, 5.41) is 23.1. The summed E-state index contributed by atoms with van der Waals surface area (Å²) in [4.78, 5) is 36.2. The van der Waals surface area contributed by atoms with Crippen LogP contribution in [0.3, 0.4) is 0 Å². The summed E-state index contributed by atoms with van der Waals surface area (Å²) < 4.78 is 0. The third-order valence-electron chi connectivity index (χ3n) is 4.49. The van der Waals surface area contributed by atoms with Gasteiger partial charge in [-0.2, -0.15) is 0 Å². The zero-order valence-corrected chi connectivity index (χ0v) is 16.5. The Morgan fingerprint density at radius 2 is 1.52 bits per heavy atom. The van der Waals surface area contributed by atoms with E-state index in [1.807, 2.05) is 54.6 Å². The number of carbonyl (C=O) groups is 3. The number of nitrogens with one attached hydrogen (secondary N) is 3. The molecule has 0 spiro atoms. The highest BCUT2D eigenvalue weighted by molar-refractivity contribution is 5.92. The van der Waals surface area contributed by atoms with Gasteiger partial charge in [0.15, 0.2) is 0 Å². The van der Waals surface area contributed by atoms with Crippen molar-refractivity contribution in [3.63, 3.8) is 0 Å². The monoisotopic (exact) mass is 430 g/mol. The number of hydrogen-bond acceptors (Lipinski definition) is 6. The van der Waals surface area contributed by atoms with Gasteiger partial charge in [0, 0.05) is 6.54 Å². The van der Waals surface area contributed by atoms with Crippen molar-refractivity contribution in [1.29, 1.82) is 0 Å². The van der Waals surface area contributed by atoms with Crippen LogP contribution in [-0.2, 0) is 20.8 Å². The Morgan fingerprint density at radius 1 is 0.935 bits per heavy atom. The van der Waals surface area contributed by atoms with Crippen LogP contribution in [0.5, 0.6) is 0 Å². The minimum Gasteiger partial charge on any atom is -0.391 e. The first-order valence-electron chi connectivity index (χ1n) is 9.42. The van der Waals surface area contributed by atoms with Crippen LogP contribution in [0.4, 0.5) is 0 Å². The smallest absolute Gasteiger partial charge is 0.268 e. The summed E-state index contributed by atoms with van der Waals surface area (Å²) in [6.07, 6.45) is -1.23. The number of rotatable bonds is 9. The molecular weight excluding hydrogens is 400 g/mol. The van der Waals surface area contributed by atoms with Gasteiger partial charge in [-0.3, -0.25) is 19.6 Å². The van der Waals surface area contributed by atoms with Crippen LogP contribution in [0.1, 0.15) is 19.9 Å². The maximum atomic E-state index is 12.3. The lowest BCUT2D eigenvalue weighted by molar-refractivity contribution is -0.138. The fourth-order valence-corrected chi connectivity index (χ4v) is 2.84. The Balaban J connectivity index is 0.00000480. The molecule has 168 valence electrons. The summed E-state index contributed by atoms with van der Waals surface area (Å²) in [6, 6.07) is 14.8. The molecular formula is C22H30N4O5. The molecule has 2 rings (SSSR count). The van der Waals surface area contributed by atoms with Crippen LogP contribution in [0.25, 0.3) is 11.1 Å². The maximum Gasteiger partial charge on any atom is 0.268 e. The summed E-state index contributed by atoms with van der Waals surface area (Å²) >= 11 is 0. The number of aliphatic hydroxyl groups is 1. The summed E-state index contributed by atoms with van der Waals surface area (Å²) in [5.41, 5.74) is 9.77. The van der Waals surface area contributed by atoms with Gasteiger partial charge < -0.3 is 21.5 Å². The predicted molar refractivity (Wildman–Crippen MR) is 117 cm³/mol. The molecule has 0 heterocycles. The van der Waals surface area contributed by atoms with Gasteiger partial charge in [0.1, 0.15) is 12.1 Å². The van der Waals surface area contributed by atoms with Crippen molar-refractivity contribution in [2.45, 2.75) is 39.0 Å². The van der Waals surface area contributed by atoms with Gasteiger partial charge in [0.2, 0.25) is 11.8 Å². The van der Waals surface area contributed by atoms with Crippen LogP contribution in [0.15, 0.2) is 54.6 Å². The Labute approximate surface area is 181 Å². The van der Waals surface area contributed by atoms with E-state index in [1.165, 1.54) is 12.4 Å². The van der Waals surface area contributed by atoms with Crippen molar-refractivity contribution in [2.24, 2.45) is 5.73 Å². The second-order valence-corrected chi connectivity index (χ2v) is 6.80. The molecule has 0 aliphatic heterocycles. The summed E-state index contributed by atoms with van der Waals surface area (Å²) in [7, 11) is 0. The molecule has 9 heteroatoms. The standard InChI is InChI=1S/C21H26N4O5.CH4/c1-13(26)19(21(29)25-30)24-20(28)17(12-22)23-18(27)11-14-7-9-16(10-8-14)15-5-3-2-4-6-15;/h2-10,13,17,19,26,30H,11-12,22H2,1H3,(H,23,27)(H,24,28)(H,25,29);1H4/t13-,17+,19+;/m1./s1. The number of benzene rings is 2. The predicted octanol–water partition coefficient (Wildman–Crippen LogP) is 0.347. The molecule has 0 fully saturated rings. The quantitative estimate of drug-likeness (QED) is 0.249. The van der Waals surface area contributed by atoms with E-state index in [-0.39, 0.29) is 20.4 Å². The average molecular weight is 431 g/mol. The molecule has 7 N–H and O–H groups in total. The maximum absolute atomic E-state index is 12.3. The number of aliphatic hydroxyl groups excluding tert-OH is 1. The number of hydrogen-bond donors (Lipinski definition) is 6.